The van der Waals surface area contributed by atoms with E-state index in [0.29, 0.717) is 0 Å². The highest BCUT2D eigenvalue weighted by Gasteiger charge is 2.41. The first kappa shape index (κ1) is 15.9. The standard InChI is InChI=1S/C21H17ClN2OS/c1-13-4-6-14(7-5-13)21-24-18(12-17(23-24)20-3-2-10-26-20)16-11-15(22)8-9-19(16)25-21/h2-11,18,21H,12H2,1H3/t18-,21-/m1/s1. The van der Waals surface area contributed by atoms with Crippen molar-refractivity contribution < 1.29 is 4.74 Å². The Kier molecular flexibility index (Phi) is 3.76. The number of hydrazone groups is 1. The molecule has 130 valence electrons. The highest BCUT2D eigenvalue weighted by atomic mass is 35.5. The molecule has 0 saturated carbocycles. The van der Waals surface area contributed by atoms with E-state index in [1.165, 1.54) is 10.4 Å². The largest absolute Gasteiger partial charge is 0.464 e. The molecule has 26 heavy (non-hydrogen) atoms. The lowest BCUT2D eigenvalue weighted by Crippen LogP contribution is -2.33. The fourth-order valence-electron chi connectivity index (χ4n) is 3.60. The molecule has 5 rings (SSSR count). The van der Waals surface area contributed by atoms with Gasteiger partial charge in [-0.05, 0) is 36.6 Å². The minimum Gasteiger partial charge on any atom is -0.464 e. The SMILES string of the molecule is Cc1ccc([C@H]2Oc3ccc(Cl)cc3[C@H]3CC(c4cccs4)=NN32)cc1. The molecular weight excluding hydrogens is 364 g/mol. The third-order valence-electron chi connectivity index (χ3n) is 4.92. The molecule has 2 aliphatic heterocycles. The summed E-state index contributed by atoms with van der Waals surface area (Å²) >= 11 is 7.99. The van der Waals surface area contributed by atoms with Crippen LogP contribution in [0.4, 0.5) is 0 Å². The van der Waals surface area contributed by atoms with Crippen LogP contribution in [0.15, 0.2) is 65.1 Å². The predicted octanol–water partition coefficient (Wildman–Crippen LogP) is 5.95. The van der Waals surface area contributed by atoms with Crippen LogP contribution in [-0.2, 0) is 0 Å². The maximum Gasteiger partial charge on any atom is 0.213 e. The van der Waals surface area contributed by atoms with Crippen LogP contribution < -0.4 is 4.74 Å². The number of fused-ring (bicyclic) bond motifs is 3. The topological polar surface area (TPSA) is 24.8 Å². The lowest BCUT2D eigenvalue weighted by Gasteiger charge is -2.38. The van der Waals surface area contributed by atoms with Gasteiger partial charge in [0, 0.05) is 22.6 Å². The molecule has 3 aromatic rings. The fraction of sp³-hybridized carbons (Fsp3) is 0.190. The summed E-state index contributed by atoms with van der Waals surface area (Å²) in [5.41, 5.74) is 4.56. The summed E-state index contributed by atoms with van der Waals surface area (Å²) in [6, 6.07) is 18.7. The molecule has 2 aromatic carbocycles. The average Bonchev–Trinajstić information content (AvgIpc) is 3.32. The molecule has 0 saturated heterocycles. The van der Waals surface area contributed by atoms with Crippen LogP contribution >= 0.6 is 22.9 Å². The number of benzene rings is 2. The van der Waals surface area contributed by atoms with Gasteiger partial charge in [-0.15, -0.1) is 11.3 Å². The first-order chi connectivity index (χ1) is 12.7. The van der Waals surface area contributed by atoms with Crippen molar-refractivity contribution in [2.75, 3.05) is 0 Å². The van der Waals surface area contributed by atoms with Gasteiger partial charge in [0.2, 0.25) is 6.23 Å². The normalized spacial score (nSPS) is 21.0. The number of hydrogen-bond donors (Lipinski definition) is 0. The van der Waals surface area contributed by atoms with E-state index in [1.807, 2.05) is 18.2 Å². The molecule has 0 radical (unpaired) electrons. The summed E-state index contributed by atoms with van der Waals surface area (Å²) in [5, 5.41) is 9.87. The summed E-state index contributed by atoms with van der Waals surface area (Å²) in [7, 11) is 0. The molecule has 0 aliphatic carbocycles. The number of thiophene rings is 1. The van der Waals surface area contributed by atoms with Gasteiger partial charge >= 0.3 is 0 Å². The van der Waals surface area contributed by atoms with Crippen LogP contribution in [0, 0.1) is 6.92 Å². The zero-order valence-corrected chi connectivity index (χ0v) is 15.8. The average molecular weight is 381 g/mol. The molecule has 0 N–H and O–H groups in total. The number of rotatable bonds is 2. The van der Waals surface area contributed by atoms with Crippen molar-refractivity contribution in [3.63, 3.8) is 0 Å². The van der Waals surface area contributed by atoms with Crippen LogP contribution in [0.25, 0.3) is 0 Å². The molecular formula is C21H17ClN2OS. The van der Waals surface area contributed by atoms with Crippen molar-refractivity contribution in [2.24, 2.45) is 5.10 Å². The van der Waals surface area contributed by atoms with E-state index in [1.54, 1.807) is 11.3 Å². The third kappa shape index (κ3) is 2.61. The van der Waals surface area contributed by atoms with Gasteiger partial charge < -0.3 is 4.74 Å². The quantitative estimate of drug-likeness (QED) is 0.548. The lowest BCUT2D eigenvalue weighted by molar-refractivity contribution is -0.0190. The zero-order chi connectivity index (χ0) is 17.7. The molecule has 3 heterocycles. The number of aryl methyl sites for hydroxylation is 1. The summed E-state index contributed by atoms with van der Waals surface area (Å²) in [6.45, 7) is 2.09. The Hall–Kier alpha value is -2.30. The second-order valence-corrected chi connectivity index (χ2v) is 8.07. The Balaban J connectivity index is 1.61. The number of nitrogens with zero attached hydrogens (tertiary/aromatic N) is 2. The van der Waals surface area contributed by atoms with Crippen molar-refractivity contribution >= 4 is 28.6 Å². The van der Waals surface area contributed by atoms with Crippen molar-refractivity contribution in [2.45, 2.75) is 25.6 Å². The highest BCUT2D eigenvalue weighted by Crippen LogP contribution is 2.48. The van der Waals surface area contributed by atoms with Crippen molar-refractivity contribution in [1.82, 2.24) is 5.01 Å². The fourth-order valence-corrected chi connectivity index (χ4v) is 4.50. The Morgan fingerprint density at radius 2 is 2.00 bits per heavy atom. The van der Waals surface area contributed by atoms with Crippen molar-refractivity contribution in [3.05, 3.63) is 86.6 Å². The molecule has 0 spiro atoms. The first-order valence-corrected chi connectivity index (χ1v) is 9.87. The van der Waals surface area contributed by atoms with Crippen LogP contribution in [-0.4, -0.2) is 10.7 Å². The Bertz CT molecular complexity index is 982. The van der Waals surface area contributed by atoms with Gasteiger partial charge in [-0.2, -0.15) is 5.10 Å². The molecule has 0 fully saturated rings. The second kappa shape index (κ2) is 6.15. The van der Waals surface area contributed by atoms with E-state index in [-0.39, 0.29) is 12.3 Å². The Morgan fingerprint density at radius 1 is 1.15 bits per heavy atom. The van der Waals surface area contributed by atoms with Crippen molar-refractivity contribution in [3.8, 4) is 5.75 Å². The zero-order valence-electron chi connectivity index (χ0n) is 14.2. The number of ether oxygens (including phenoxy) is 1. The van der Waals surface area contributed by atoms with Crippen molar-refractivity contribution in [1.29, 1.82) is 0 Å². The maximum atomic E-state index is 6.36. The molecule has 3 nitrogen and oxygen atoms in total. The van der Waals surface area contributed by atoms with Crippen LogP contribution in [0.1, 0.15) is 40.3 Å². The van der Waals surface area contributed by atoms with E-state index in [9.17, 15) is 0 Å². The van der Waals surface area contributed by atoms with Gasteiger partial charge in [0.15, 0.2) is 0 Å². The molecule has 5 heteroatoms. The number of halogens is 1. The summed E-state index contributed by atoms with van der Waals surface area (Å²) < 4.78 is 6.36. The Labute approximate surface area is 161 Å². The van der Waals surface area contributed by atoms with Gasteiger partial charge in [0.1, 0.15) is 5.75 Å². The molecule has 0 amide bonds. The van der Waals surface area contributed by atoms with Gasteiger partial charge in [-0.25, -0.2) is 5.01 Å². The lowest BCUT2D eigenvalue weighted by atomic mass is 9.97. The second-order valence-electron chi connectivity index (χ2n) is 6.69. The van der Waals surface area contributed by atoms with E-state index in [2.05, 4.69) is 53.7 Å². The maximum absolute atomic E-state index is 6.36. The Morgan fingerprint density at radius 3 is 2.77 bits per heavy atom. The minimum atomic E-state index is -0.230. The van der Waals surface area contributed by atoms with Crippen LogP contribution in [0.3, 0.4) is 0 Å². The monoisotopic (exact) mass is 380 g/mol. The molecule has 0 unspecified atom stereocenters. The van der Waals surface area contributed by atoms with Crippen LogP contribution in [0.2, 0.25) is 5.02 Å². The highest BCUT2D eigenvalue weighted by molar-refractivity contribution is 7.12. The summed E-state index contributed by atoms with van der Waals surface area (Å²) in [4.78, 5) is 1.21. The van der Waals surface area contributed by atoms with Gasteiger partial charge in [0.05, 0.1) is 16.6 Å². The van der Waals surface area contributed by atoms with E-state index >= 15 is 0 Å². The molecule has 1 aromatic heterocycles. The van der Waals surface area contributed by atoms with Crippen LogP contribution in [0.5, 0.6) is 5.75 Å². The van der Waals surface area contributed by atoms with E-state index in [4.69, 9.17) is 21.4 Å². The first-order valence-electron chi connectivity index (χ1n) is 8.61. The summed E-state index contributed by atoms with van der Waals surface area (Å²) in [5.74, 6) is 0.892. The minimum absolute atomic E-state index is 0.140. The smallest absolute Gasteiger partial charge is 0.213 e. The van der Waals surface area contributed by atoms with E-state index < -0.39 is 0 Å². The molecule has 2 atom stereocenters. The van der Waals surface area contributed by atoms with Gasteiger partial charge in [0.25, 0.3) is 0 Å². The molecule has 0 bridgehead atoms. The predicted molar refractivity (Wildman–Crippen MR) is 106 cm³/mol. The van der Waals surface area contributed by atoms with E-state index in [0.717, 1.165) is 34.0 Å². The van der Waals surface area contributed by atoms with Gasteiger partial charge in [-0.1, -0.05) is 47.5 Å². The van der Waals surface area contributed by atoms with Gasteiger partial charge in [-0.3, -0.25) is 0 Å². The summed E-state index contributed by atoms with van der Waals surface area (Å²) in [6.07, 6.45) is 0.631. The third-order valence-corrected chi connectivity index (χ3v) is 6.07. The number of hydrogen-bond acceptors (Lipinski definition) is 4. The molecule has 2 aliphatic rings.